The zero-order valence-corrected chi connectivity index (χ0v) is 7.10. The summed E-state index contributed by atoms with van der Waals surface area (Å²) >= 11 is 3.98. The first-order valence-corrected chi connectivity index (χ1v) is 4.01. The highest BCUT2D eigenvalue weighted by atomic mass is 32.1. The van der Waals surface area contributed by atoms with Gasteiger partial charge in [-0.1, -0.05) is 18.2 Å². The molecule has 12 heavy (non-hydrogen) atoms. The molecule has 0 atom stereocenters. The van der Waals surface area contributed by atoms with Gasteiger partial charge in [0.05, 0.1) is 0 Å². The Morgan fingerprint density at radius 2 is 2.00 bits per heavy atom. The molecule has 0 aliphatic rings. The van der Waals surface area contributed by atoms with Crippen molar-refractivity contribution in [1.29, 1.82) is 0 Å². The predicted molar refractivity (Wildman–Crippen MR) is 45.8 cm³/mol. The highest BCUT2D eigenvalue weighted by Crippen LogP contribution is 2.21. The summed E-state index contributed by atoms with van der Waals surface area (Å²) in [6, 6.07) is 6.59. The first kappa shape index (κ1) is 9.32. The molecule has 0 N–H and O–H groups in total. The van der Waals surface area contributed by atoms with Crippen molar-refractivity contribution >= 4 is 12.6 Å². The first-order valence-electron chi connectivity index (χ1n) is 3.37. The molecule has 1 aromatic rings. The first-order chi connectivity index (χ1) is 5.74. The molecule has 66 valence electrons. The molecule has 0 amide bonds. The van der Waals surface area contributed by atoms with Crippen LogP contribution in [0.5, 0.6) is 5.75 Å². The Morgan fingerprint density at radius 3 is 2.58 bits per heavy atom. The summed E-state index contributed by atoms with van der Waals surface area (Å²) in [5.41, 5.74) is 0.668. The van der Waals surface area contributed by atoms with Crippen molar-refractivity contribution < 1.29 is 13.5 Å². The molecule has 0 saturated carbocycles. The van der Waals surface area contributed by atoms with Gasteiger partial charge in [-0.25, -0.2) is 0 Å². The normalized spacial score (nSPS) is 10.3. The molecule has 0 aliphatic carbocycles. The molecule has 0 bridgehead atoms. The number of ether oxygens (including phenoxy) is 1. The van der Waals surface area contributed by atoms with E-state index in [1.54, 1.807) is 18.2 Å². The van der Waals surface area contributed by atoms with Crippen LogP contribution in [0.2, 0.25) is 0 Å². The lowest BCUT2D eigenvalue weighted by Gasteiger charge is -2.07. The van der Waals surface area contributed by atoms with E-state index in [1.165, 1.54) is 6.07 Å². The molecule has 0 fully saturated rings. The highest BCUT2D eigenvalue weighted by molar-refractivity contribution is 7.79. The molecule has 0 heterocycles. The summed E-state index contributed by atoms with van der Waals surface area (Å²) < 4.78 is 27.8. The third-order valence-corrected chi connectivity index (χ3v) is 1.70. The summed E-state index contributed by atoms with van der Waals surface area (Å²) in [7, 11) is 0. The fraction of sp³-hybridized carbons (Fsp3) is 0.250. The zero-order valence-electron chi connectivity index (χ0n) is 6.21. The molecule has 0 unspecified atom stereocenters. The summed E-state index contributed by atoms with van der Waals surface area (Å²) in [6.07, 6.45) is 0. The molecular weight excluding hydrogens is 182 g/mol. The van der Waals surface area contributed by atoms with Crippen LogP contribution in [0.4, 0.5) is 8.78 Å². The van der Waals surface area contributed by atoms with Crippen molar-refractivity contribution in [3.8, 4) is 5.75 Å². The van der Waals surface area contributed by atoms with E-state index in [2.05, 4.69) is 17.4 Å². The number of para-hydroxylation sites is 1. The number of rotatable bonds is 3. The van der Waals surface area contributed by atoms with Gasteiger partial charge in [-0.2, -0.15) is 21.4 Å². The Morgan fingerprint density at radius 1 is 1.33 bits per heavy atom. The number of benzene rings is 1. The summed E-state index contributed by atoms with van der Waals surface area (Å²) in [5, 5.41) is 0. The van der Waals surface area contributed by atoms with Crippen molar-refractivity contribution in [2.75, 3.05) is 0 Å². The Balaban J connectivity index is 2.82. The fourth-order valence-electron chi connectivity index (χ4n) is 0.845. The van der Waals surface area contributed by atoms with Crippen molar-refractivity contribution in [3.05, 3.63) is 29.8 Å². The largest absolute Gasteiger partial charge is 0.435 e. The Labute approximate surface area is 74.8 Å². The molecule has 0 spiro atoms. The molecule has 0 aliphatic heterocycles. The lowest BCUT2D eigenvalue weighted by atomic mass is 10.2. The molecular formula is C8H8F2OS. The van der Waals surface area contributed by atoms with Crippen LogP contribution in [-0.2, 0) is 5.75 Å². The van der Waals surface area contributed by atoms with Crippen LogP contribution in [0.15, 0.2) is 24.3 Å². The maximum atomic E-state index is 11.8. The van der Waals surface area contributed by atoms with Crippen molar-refractivity contribution in [1.82, 2.24) is 0 Å². The summed E-state index contributed by atoms with van der Waals surface area (Å²) in [6.45, 7) is -2.77. The van der Waals surface area contributed by atoms with Crippen LogP contribution in [-0.4, -0.2) is 6.61 Å². The summed E-state index contributed by atoms with van der Waals surface area (Å²) in [4.78, 5) is 0. The number of alkyl halides is 2. The third kappa shape index (κ3) is 2.37. The van der Waals surface area contributed by atoms with Gasteiger partial charge in [0.15, 0.2) is 0 Å². The molecule has 0 aromatic heterocycles. The van der Waals surface area contributed by atoms with Gasteiger partial charge in [0, 0.05) is 11.3 Å². The van der Waals surface area contributed by atoms with Crippen molar-refractivity contribution in [3.63, 3.8) is 0 Å². The zero-order chi connectivity index (χ0) is 8.97. The van der Waals surface area contributed by atoms with Crippen LogP contribution < -0.4 is 4.74 Å². The van der Waals surface area contributed by atoms with Crippen LogP contribution >= 0.6 is 12.6 Å². The van der Waals surface area contributed by atoms with Gasteiger partial charge in [-0.15, -0.1) is 0 Å². The second-order valence-corrected chi connectivity index (χ2v) is 2.46. The second-order valence-electron chi connectivity index (χ2n) is 2.14. The van der Waals surface area contributed by atoms with E-state index < -0.39 is 6.61 Å². The SMILES string of the molecule is FC(F)Oc1ccccc1CS. The highest BCUT2D eigenvalue weighted by Gasteiger charge is 2.06. The molecule has 0 radical (unpaired) electrons. The van der Waals surface area contributed by atoms with Crippen LogP contribution in [0.3, 0.4) is 0 Å². The average molecular weight is 190 g/mol. The molecule has 4 heteroatoms. The lowest BCUT2D eigenvalue weighted by Crippen LogP contribution is -2.03. The van der Waals surface area contributed by atoms with E-state index in [0.717, 1.165) is 0 Å². The maximum Gasteiger partial charge on any atom is 0.387 e. The quantitative estimate of drug-likeness (QED) is 0.721. The molecule has 0 saturated heterocycles. The average Bonchev–Trinajstić information content (AvgIpc) is 2.04. The standard InChI is InChI=1S/C8H8F2OS/c9-8(10)11-7-4-2-1-3-6(7)5-12/h1-4,8,12H,5H2. The Hall–Kier alpha value is -0.770. The number of hydrogen-bond donors (Lipinski definition) is 1. The van der Waals surface area contributed by atoms with E-state index in [4.69, 9.17) is 0 Å². The summed E-state index contributed by atoms with van der Waals surface area (Å²) in [5.74, 6) is 0.589. The Bertz CT molecular complexity index is 253. The lowest BCUT2D eigenvalue weighted by molar-refractivity contribution is -0.0503. The number of hydrogen-bond acceptors (Lipinski definition) is 2. The van der Waals surface area contributed by atoms with Gasteiger partial charge in [0.2, 0.25) is 0 Å². The van der Waals surface area contributed by atoms with Gasteiger partial charge in [0.25, 0.3) is 0 Å². The molecule has 1 rings (SSSR count). The third-order valence-electron chi connectivity index (χ3n) is 1.36. The van der Waals surface area contributed by atoms with Gasteiger partial charge in [-0.05, 0) is 6.07 Å². The van der Waals surface area contributed by atoms with Gasteiger partial charge in [-0.3, -0.25) is 0 Å². The van der Waals surface area contributed by atoms with E-state index in [0.29, 0.717) is 11.3 Å². The maximum absolute atomic E-state index is 11.8. The van der Waals surface area contributed by atoms with Gasteiger partial charge in [0.1, 0.15) is 5.75 Å². The van der Waals surface area contributed by atoms with Crippen molar-refractivity contribution in [2.45, 2.75) is 12.4 Å². The van der Waals surface area contributed by atoms with Crippen LogP contribution in [0.1, 0.15) is 5.56 Å². The molecule has 1 aromatic carbocycles. The monoisotopic (exact) mass is 190 g/mol. The molecule has 1 nitrogen and oxygen atoms in total. The van der Waals surface area contributed by atoms with Gasteiger partial charge >= 0.3 is 6.61 Å². The topological polar surface area (TPSA) is 9.23 Å². The predicted octanol–water partition coefficient (Wildman–Crippen LogP) is 2.72. The Kier molecular flexibility index (Phi) is 3.34. The number of thiol groups is 1. The minimum atomic E-state index is -2.77. The number of halogens is 2. The van der Waals surface area contributed by atoms with Gasteiger partial charge < -0.3 is 4.74 Å². The fourth-order valence-corrected chi connectivity index (χ4v) is 1.11. The smallest absolute Gasteiger partial charge is 0.387 e. The van der Waals surface area contributed by atoms with E-state index in [1.807, 2.05) is 0 Å². The van der Waals surface area contributed by atoms with Crippen LogP contribution in [0.25, 0.3) is 0 Å². The van der Waals surface area contributed by atoms with Crippen LogP contribution in [0, 0.1) is 0 Å². The van der Waals surface area contributed by atoms with Crippen molar-refractivity contribution in [2.24, 2.45) is 0 Å². The van der Waals surface area contributed by atoms with E-state index in [-0.39, 0.29) is 5.75 Å². The van der Waals surface area contributed by atoms with E-state index >= 15 is 0 Å². The minimum absolute atomic E-state index is 0.197. The minimum Gasteiger partial charge on any atom is -0.435 e. The second kappa shape index (κ2) is 4.30. The van der Waals surface area contributed by atoms with E-state index in [9.17, 15) is 8.78 Å².